The van der Waals surface area contributed by atoms with Gasteiger partial charge in [0, 0.05) is 13.0 Å². The quantitative estimate of drug-likeness (QED) is 0.0192. The van der Waals surface area contributed by atoms with Crippen LogP contribution in [0.2, 0.25) is 0 Å². The number of unbranched alkanes of at least 4 members (excludes halogenated alkanes) is 1. The molecule has 8 amide bonds. The lowest BCUT2D eigenvalue weighted by molar-refractivity contribution is -0.142. The molecule has 67 heavy (non-hydrogen) atoms. The molecule has 24 heteroatoms. The number of nitrogens with two attached hydrogens (primary N) is 4. The van der Waals surface area contributed by atoms with Gasteiger partial charge >= 0.3 is 5.97 Å². The molecule has 1 rings (SSSR count). The van der Waals surface area contributed by atoms with Gasteiger partial charge in [-0.3, -0.25) is 43.3 Å². The van der Waals surface area contributed by atoms with Gasteiger partial charge in [0.2, 0.25) is 47.3 Å². The number of amides is 8. The van der Waals surface area contributed by atoms with E-state index in [0.29, 0.717) is 37.8 Å². The topological polar surface area (TPSA) is 407 Å². The SMILES string of the molecule is CC[C@H](C)[C@H](NC(=O)[C@@H](NC(=O)[C@@H](NC(=O)[C@H](Cc1ccccc1)NC(=O)[C@H](C)NC(=O)[C@H](CCCN=C(N)N)NC(=O)CN)C(C)C)[C@@H](C)O)C(=O)NCC(=O)N[C@@H](CCCCN)C(=O)O. The molecule has 376 valence electrons. The molecule has 1 aromatic rings. The van der Waals surface area contributed by atoms with E-state index in [2.05, 4.69) is 47.5 Å². The number of carboxylic acid groups (broad SMARTS) is 1. The molecule has 0 bridgehead atoms. The standard InChI is InChI=1S/C43H73N13O11/c1-7-24(4)34(39(63)49-22-32(59)52-29(42(66)67)16-11-12-18-44)55-41(65)35(26(6)57)56-40(64)33(23(2)3)54-38(62)30(20-27-14-9-8-10-15-27)53-36(60)25(5)50-37(61)28(51-31(58)21-45)17-13-19-48-43(46)47/h8-10,14-15,23-26,28-30,33-35,57H,7,11-13,16-22,44-45H2,1-6H3,(H,49,63)(H,50,61)(H,51,58)(H,52,59)(H,53,60)(H,54,62)(H,55,65)(H,56,64)(H,66,67)(H4,46,47,48)/t24-,25-,26+,28-,29-,30-,33-,34-,35-/m0/s1. The van der Waals surface area contributed by atoms with Crippen LogP contribution in [0.1, 0.15) is 85.6 Å². The summed E-state index contributed by atoms with van der Waals surface area (Å²) in [5.74, 6) is -8.89. The molecular formula is C43H73N13O11. The van der Waals surface area contributed by atoms with Crippen LogP contribution in [0.15, 0.2) is 35.3 Å². The molecular weight excluding hydrogens is 875 g/mol. The van der Waals surface area contributed by atoms with Crippen LogP contribution in [0.25, 0.3) is 0 Å². The number of aliphatic carboxylic acids is 1. The van der Waals surface area contributed by atoms with Gasteiger partial charge in [-0.2, -0.15) is 0 Å². The molecule has 9 atom stereocenters. The maximum Gasteiger partial charge on any atom is 0.326 e. The van der Waals surface area contributed by atoms with Gasteiger partial charge in [0.05, 0.1) is 19.2 Å². The Morgan fingerprint density at radius 3 is 1.75 bits per heavy atom. The Morgan fingerprint density at radius 1 is 0.627 bits per heavy atom. The van der Waals surface area contributed by atoms with Crippen LogP contribution in [0.5, 0.6) is 0 Å². The van der Waals surface area contributed by atoms with Crippen LogP contribution < -0.4 is 65.5 Å². The number of rotatable bonds is 31. The van der Waals surface area contributed by atoms with Crippen LogP contribution in [0.3, 0.4) is 0 Å². The third kappa shape index (κ3) is 22.1. The van der Waals surface area contributed by atoms with Crippen molar-refractivity contribution in [3.05, 3.63) is 35.9 Å². The highest BCUT2D eigenvalue weighted by atomic mass is 16.4. The fourth-order valence-corrected chi connectivity index (χ4v) is 6.42. The minimum atomic E-state index is -1.65. The van der Waals surface area contributed by atoms with E-state index in [1.807, 2.05) is 0 Å². The van der Waals surface area contributed by atoms with Crippen molar-refractivity contribution < 1.29 is 53.4 Å². The monoisotopic (exact) mass is 948 g/mol. The van der Waals surface area contributed by atoms with E-state index in [0.717, 1.165) is 0 Å². The molecule has 1 aromatic carbocycles. The molecule has 0 saturated carbocycles. The number of guanidine groups is 1. The Kier molecular flexibility index (Phi) is 26.9. The first-order chi connectivity index (χ1) is 31.6. The molecule has 0 saturated heterocycles. The van der Waals surface area contributed by atoms with E-state index in [1.165, 1.54) is 13.8 Å². The fourth-order valence-electron chi connectivity index (χ4n) is 6.42. The number of nitrogens with zero attached hydrogens (tertiary/aromatic N) is 1. The Hall–Kier alpha value is -6.40. The van der Waals surface area contributed by atoms with Crippen molar-refractivity contribution in [1.82, 2.24) is 42.5 Å². The van der Waals surface area contributed by atoms with Crippen molar-refractivity contribution in [2.45, 2.75) is 135 Å². The summed E-state index contributed by atoms with van der Waals surface area (Å²) in [6.07, 6.45) is 0.329. The molecule has 0 aromatic heterocycles. The summed E-state index contributed by atoms with van der Waals surface area (Å²) >= 11 is 0. The van der Waals surface area contributed by atoms with Gasteiger partial charge in [0.25, 0.3) is 0 Å². The van der Waals surface area contributed by atoms with Gasteiger partial charge in [0.1, 0.15) is 42.3 Å². The van der Waals surface area contributed by atoms with Crippen LogP contribution in [0.4, 0.5) is 0 Å². The van der Waals surface area contributed by atoms with Crippen LogP contribution >= 0.6 is 0 Å². The number of aliphatic imine (C=N–C) groups is 1. The Balaban J connectivity index is 3.23. The number of aliphatic hydroxyl groups is 1. The molecule has 0 heterocycles. The average Bonchev–Trinajstić information content (AvgIpc) is 3.27. The smallest absolute Gasteiger partial charge is 0.326 e. The molecule has 0 spiro atoms. The first kappa shape index (κ1) is 58.6. The Labute approximate surface area is 391 Å². The van der Waals surface area contributed by atoms with Crippen molar-refractivity contribution in [2.24, 2.45) is 39.8 Å². The zero-order valence-corrected chi connectivity index (χ0v) is 39.3. The van der Waals surface area contributed by atoms with Gasteiger partial charge in [-0.05, 0) is 69.9 Å². The van der Waals surface area contributed by atoms with Crippen molar-refractivity contribution in [2.75, 3.05) is 26.2 Å². The number of hydrogen-bond donors (Lipinski definition) is 14. The van der Waals surface area contributed by atoms with Gasteiger partial charge in [-0.1, -0.05) is 64.4 Å². The van der Waals surface area contributed by atoms with Gasteiger partial charge < -0.3 is 75.7 Å². The predicted octanol–water partition coefficient (Wildman–Crippen LogP) is -3.93. The highest BCUT2D eigenvalue weighted by Crippen LogP contribution is 2.12. The molecule has 0 fully saturated rings. The van der Waals surface area contributed by atoms with Crippen LogP contribution in [-0.2, 0) is 49.6 Å². The Morgan fingerprint density at radius 2 is 1.19 bits per heavy atom. The molecule has 18 N–H and O–H groups in total. The second-order valence-electron chi connectivity index (χ2n) is 16.5. The van der Waals surface area contributed by atoms with E-state index in [-0.39, 0.29) is 31.8 Å². The van der Waals surface area contributed by atoms with Crippen molar-refractivity contribution >= 4 is 59.2 Å². The van der Waals surface area contributed by atoms with Crippen LogP contribution in [-0.4, -0.2) is 144 Å². The van der Waals surface area contributed by atoms with E-state index in [9.17, 15) is 53.4 Å². The molecule has 0 radical (unpaired) electrons. The number of hydrogen-bond acceptors (Lipinski definition) is 13. The van der Waals surface area contributed by atoms with E-state index < -0.39 is 127 Å². The first-order valence-corrected chi connectivity index (χ1v) is 22.3. The molecule has 0 aliphatic carbocycles. The maximum atomic E-state index is 14.0. The second kappa shape index (κ2) is 30.7. The number of carbonyl (C=O) groups excluding carboxylic acids is 8. The summed E-state index contributed by atoms with van der Waals surface area (Å²) < 4.78 is 0. The zero-order valence-electron chi connectivity index (χ0n) is 39.3. The number of benzene rings is 1. The summed E-state index contributed by atoms with van der Waals surface area (Å²) in [5, 5.41) is 40.2. The fraction of sp³-hybridized carbons (Fsp3) is 0.628. The molecule has 0 aliphatic rings. The molecule has 0 unspecified atom stereocenters. The largest absolute Gasteiger partial charge is 0.480 e. The third-order valence-electron chi connectivity index (χ3n) is 10.6. The van der Waals surface area contributed by atoms with E-state index in [1.54, 1.807) is 58.0 Å². The van der Waals surface area contributed by atoms with Gasteiger partial charge in [-0.25, -0.2) is 4.79 Å². The number of aliphatic hydroxyl groups excluding tert-OH is 1. The number of carbonyl (C=O) groups is 9. The number of carboxylic acids is 1. The maximum absolute atomic E-state index is 14.0. The van der Waals surface area contributed by atoms with Gasteiger partial charge in [0.15, 0.2) is 5.96 Å². The normalized spacial score (nSPS) is 15.0. The summed E-state index contributed by atoms with van der Waals surface area (Å²) in [5.41, 5.74) is 22.3. The summed E-state index contributed by atoms with van der Waals surface area (Å²) in [7, 11) is 0. The van der Waals surface area contributed by atoms with Crippen molar-refractivity contribution in [3.63, 3.8) is 0 Å². The second-order valence-corrected chi connectivity index (χ2v) is 16.5. The molecule has 24 nitrogen and oxygen atoms in total. The minimum Gasteiger partial charge on any atom is -0.480 e. The third-order valence-corrected chi connectivity index (χ3v) is 10.6. The zero-order chi connectivity index (χ0) is 50.8. The van der Waals surface area contributed by atoms with E-state index >= 15 is 0 Å². The highest BCUT2D eigenvalue weighted by Gasteiger charge is 2.36. The van der Waals surface area contributed by atoms with Crippen molar-refractivity contribution in [1.29, 1.82) is 0 Å². The minimum absolute atomic E-state index is 0.0557. The summed E-state index contributed by atoms with van der Waals surface area (Å²) in [6, 6.07) is -0.468. The van der Waals surface area contributed by atoms with Crippen LogP contribution in [0, 0.1) is 11.8 Å². The average molecular weight is 948 g/mol. The first-order valence-electron chi connectivity index (χ1n) is 22.3. The summed E-state index contributed by atoms with van der Waals surface area (Å²) in [6.45, 7) is 8.73. The molecule has 0 aliphatic heterocycles. The van der Waals surface area contributed by atoms with Gasteiger partial charge in [-0.15, -0.1) is 0 Å². The predicted molar refractivity (Wildman–Crippen MR) is 248 cm³/mol. The lowest BCUT2D eigenvalue weighted by atomic mass is 9.97. The highest BCUT2D eigenvalue weighted by molar-refractivity contribution is 5.98. The Bertz CT molecular complexity index is 1830. The van der Waals surface area contributed by atoms with Crippen molar-refractivity contribution in [3.8, 4) is 0 Å². The number of nitrogens with one attached hydrogen (secondary N) is 8. The lowest BCUT2D eigenvalue weighted by Crippen LogP contribution is -2.62. The van der Waals surface area contributed by atoms with E-state index in [4.69, 9.17) is 22.9 Å². The lowest BCUT2D eigenvalue weighted by Gasteiger charge is -2.30. The summed E-state index contributed by atoms with van der Waals surface area (Å²) in [4.78, 5) is 122.